The highest BCUT2D eigenvalue weighted by molar-refractivity contribution is 8.00. The van der Waals surface area contributed by atoms with Gasteiger partial charge in [-0.25, -0.2) is 4.98 Å². The topological polar surface area (TPSA) is 101 Å². The van der Waals surface area contributed by atoms with Gasteiger partial charge in [-0.2, -0.15) is 5.26 Å². The van der Waals surface area contributed by atoms with Crippen molar-refractivity contribution in [3.8, 4) is 23.1 Å². The molecular weight excluding hydrogens is 476 g/mol. The van der Waals surface area contributed by atoms with Crippen LogP contribution in [0.5, 0.6) is 0 Å². The maximum Gasteiger partial charge on any atom is 0.196 e. The van der Waals surface area contributed by atoms with Gasteiger partial charge in [-0.15, -0.1) is 21.5 Å². The van der Waals surface area contributed by atoms with Crippen molar-refractivity contribution in [1.29, 1.82) is 5.26 Å². The molecule has 5 rings (SSSR count). The molecule has 0 bridgehead atoms. The molecule has 0 aliphatic carbocycles. The van der Waals surface area contributed by atoms with Crippen molar-refractivity contribution in [1.82, 2.24) is 24.7 Å². The summed E-state index contributed by atoms with van der Waals surface area (Å²) in [5.74, 6) is 0.632. The normalized spacial score (nSPS) is 12.8. The van der Waals surface area contributed by atoms with E-state index in [0.717, 1.165) is 27.0 Å². The average molecular weight is 497 g/mol. The zero-order chi connectivity index (χ0) is 24.4. The first-order valence-electron chi connectivity index (χ1n) is 10.8. The molecule has 0 amide bonds. The summed E-state index contributed by atoms with van der Waals surface area (Å²) in [4.78, 5) is 8.65. The number of thioether (sulfide) groups is 1. The predicted molar refractivity (Wildman–Crippen MR) is 139 cm³/mol. The molecule has 3 aromatic heterocycles. The number of fused-ring (bicyclic) bond motifs is 1. The molecule has 0 aliphatic heterocycles. The fourth-order valence-corrected chi connectivity index (χ4v) is 5.57. The molecule has 0 radical (unpaired) electrons. The van der Waals surface area contributed by atoms with E-state index < -0.39 is 5.25 Å². The first-order chi connectivity index (χ1) is 17.1. The third-order valence-electron chi connectivity index (χ3n) is 5.47. The van der Waals surface area contributed by atoms with Crippen molar-refractivity contribution in [2.45, 2.75) is 24.3 Å². The Hall–Kier alpha value is -4.00. The summed E-state index contributed by atoms with van der Waals surface area (Å²) in [6.45, 7) is 3.87. The first-order valence-corrected chi connectivity index (χ1v) is 12.5. The first kappa shape index (κ1) is 22.8. The molecule has 0 aliphatic rings. The summed E-state index contributed by atoms with van der Waals surface area (Å²) in [5.41, 5.74) is 3.84. The van der Waals surface area contributed by atoms with Crippen LogP contribution in [-0.4, -0.2) is 35.1 Å². The molecule has 1 N–H and O–H groups in total. The molecule has 0 fully saturated rings. The lowest BCUT2D eigenvalue weighted by atomic mass is 10.2. The van der Waals surface area contributed by atoms with Crippen LogP contribution in [0.4, 0.5) is 0 Å². The van der Waals surface area contributed by atoms with Crippen molar-refractivity contribution in [3.63, 3.8) is 0 Å². The van der Waals surface area contributed by atoms with E-state index in [9.17, 15) is 10.4 Å². The van der Waals surface area contributed by atoms with E-state index in [1.807, 2.05) is 79.1 Å². The van der Waals surface area contributed by atoms with E-state index >= 15 is 0 Å². The molecule has 1 unspecified atom stereocenters. The van der Waals surface area contributed by atoms with E-state index in [1.165, 1.54) is 23.1 Å². The van der Waals surface area contributed by atoms with Crippen molar-refractivity contribution < 1.29 is 5.11 Å². The van der Waals surface area contributed by atoms with Gasteiger partial charge in [0.15, 0.2) is 11.0 Å². The number of hydrogen-bond donors (Lipinski definition) is 1. The molecular formula is C26H20N6OS2. The van der Waals surface area contributed by atoms with Crippen LogP contribution in [0.2, 0.25) is 0 Å². The monoisotopic (exact) mass is 496 g/mol. The zero-order valence-corrected chi connectivity index (χ0v) is 20.6. The third-order valence-corrected chi connectivity index (χ3v) is 7.58. The van der Waals surface area contributed by atoms with Crippen LogP contribution in [0.15, 0.2) is 84.0 Å². The number of para-hydroxylation sites is 2. The fraction of sp³-hybridized carbons (Fsp3) is 0.115. The van der Waals surface area contributed by atoms with Gasteiger partial charge in [0, 0.05) is 18.0 Å². The molecule has 7 nitrogen and oxygen atoms in total. The smallest absolute Gasteiger partial charge is 0.196 e. The molecule has 0 saturated carbocycles. The van der Waals surface area contributed by atoms with Gasteiger partial charge in [-0.05, 0) is 49.7 Å². The Kier molecular flexibility index (Phi) is 6.31. The number of aryl methyl sites for hydroxylation is 1. The number of nitriles is 1. The molecule has 3 heterocycles. The Morgan fingerprint density at radius 2 is 1.80 bits per heavy atom. The van der Waals surface area contributed by atoms with E-state index in [1.54, 1.807) is 12.4 Å². The molecule has 5 aromatic rings. The summed E-state index contributed by atoms with van der Waals surface area (Å²) in [6.07, 6.45) is 3.43. The second-order valence-electron chi connectivity index (χ2n) is 7.78. The average Bonchev–Trinajstić information content (AvgIpc) is 3.49. The van der Waals surface area contributed by atoms with E-state index in [-0.39, 0.29) is 11.3 Å². The van der Waals surface area contributed by atoms with Gasteiger partial charge in [0.2, 0.25) is 0 Å². The van der Waals surface area contributed by atoms with Crippen LogP contribution >= 0.6 is 23.1 Å². The quantitative estimate of drug-likeness (QED) is 0.169. The summed E-state index contributed by atoms with van der Waals surface area (Å²) in [7, 11) is 0. The lowest BCUT2D eigenvalue weighted by Gasteiger charge is -2.15. The number of benzene rings is 2. The Morgan fingerprint density at radius 3 is 2.54 bits per heavy atom. The summed E-state index contributed by atoms with van der Waals surface area (Å²) >= 11 is 2.72. The Balaban J connectivity index is 1.56. The van der Waals surface area contributed by atoms with Gasteiger partial charge in [0.05, 0.1) is 21.2 Å². The van der Waals surface area contributed by atoms with Crippen molar-refractivity contribution in [2.24, 2.45) is 0 Å². The zero-order valence-electron chi connectivity index (χ0n) is 19.0. The number of nitrogens with zero attached hydrogens (tertiary/aromatic N) is 6. The van der Waals surface area contributed by atoms with Crippen LogP contribution in [0.3, 0.4) is 0 Å². The number of allylic oxidation sites excluding steroid dienone is 1. The number of rotatable bonds is 6. The fourth-order valence-electron chi connectivity index (χ4n) is 3.68. The van der Waals surface area contributed by atoms with Gasteiger partial charge in [0.25, 0.3) is 0 Å². The molecule has 1 atom stereocenters. The number of pyridine rings is 1. The van der Waals surface area contributed by atoms with Crippen LogP contribution in [0, 0.1) is 18.3 Å². The minimum atomic E-state index is -0.464. The van der Waals surface area contributed by atoms with Crippen LogP contribution in [0.25, 0.3) is 32.9 Å². The second kappa shape index (κ2) is 9.70. The Labute approximate surface area is 210 Å². The molecule has 35 heavy (non-hydrogen) atoms. The minimum Gasteiger partial charge on any atom is -0.510 e. The van der Waals surface area contributed by atoms with Crippen LogP contribution in [0.1, 0.15) is 17.5 Å². The van der Waals surface area contributed by atoms with E-state index in [2.05, 4.69) is 26.2 Å². The summed E-state index contributed by atoms with van der Waals surface area (Å²) < 4.78 is 2.94. The molecule has 172 valence electrons. The van der Waals surface area contributed by atoms with Crippen molar-refractivity contribution in [2.75, 3.05) is 0 Å². The Morgan fingerprint density at radius 1 is 1.06 bits per heavy atom. The maximum absolute atomic E-state index is 11.1. The van der Waals surface area contributed by atoms with Crippen molar-refractivity contribution in [3.05, 3.63) is 89.4 Å². The minimum absolute atomic E-state index is 0.0404. The van der Waals surface area contributed by atoms with Gasteiger partial charge in [-0.3, -0.25) is 9.55 Å². The number of aromatic nitrogens is 5. The van der Waals surface area contributed by atoms with Crippen LogP contribution < -0.4 is 0 Å². The SMILES string of the molecule is Cc1ccccc1-n1c(SC(C)/C(O)=C(\C#N)c2nc3ccccc3s2)nnc1-c1ccncc1. The van der Waals surface area contributed by atoms with Gasteiger partial charge in [-0.1, -0.05) is 42.1 Å². The van der Waals surface area contributed by atoms with Gasteiger partial charge >= 0.3 is 0 Å². The number of hydrogen-bond acceptors (Lipinski definition) is 8. The standard InChI is InChI=1S/C26H20N6OS2/c1-16-7-3-5-9-21(16)32-24(18-11-13-28-14-12-18)30-31-26(32)34-17(2)23(33)19(15-27)25-29-20-8-4-6-10-22(20)35-25/h3-14,17,33H,1-2H3/b23-19-. The number of aliphatic hydroxyl groups excluding tert-OH is 1. The summed E-state index contributed by atoms with van der Waals surface area (Å²) in [5, 5.41) is 30.5. The second-order valence-corrected chi connectivity index (χ2v) is 10.1. The largest absolute Gasteiger partial charge is 0.510 e. The molecule has 0 saturated heterocycles. The lowest BCUT2D eigenvalue weighted by molar-refractivity contribution is 0.402. The summed E-state index contributed by atoms with van der Waals surface area (Å²) in [6, 6.07) is 21.6. The Bertz CT molecular complexity index is 1550. The van der Waals surface area contributed by atoms with Crippen LogP contribution in [-0.2, 0) is 0 Å². The maximum atomic E-state index is 11.1. The molecule has 9 heteroatoms. The van der Waals surface area contributed by atoms with Gasteiger partial charge < -0.3 is 5.11 Å². The number of aliphatic hydroxyl groups is 1. The number of thiazole rings is 1. The lowest BCUT2D eigenvalue weighted by Crippen LogP contribution is -2.08. The van der Waals surface area contributed by atoms with E-state index in [4.69, 9.17) is 0 Å². The highest BCUT2D eigenvalue weighted by atomic mass is 32.2. The highest BCUT2D eigenvalue weighted by Gasteiger charge is 2.24. The molecule has 2 aromatic carbocycles. The van der Waals surface area contributed by atoms with E-state index in [0.29, 0.717) is 16.0 Å². The third kappa shape index (κ3) is 4.41. The highest BCUT2D eigenvalue weighted by Crippen LogP contribution is 2.35. The van der Waals surface area contributed by atoms with Crippen molar-refractivity contribution >= 4 is 38.9 Å². The van der Waals surface area contributed by atoms with Gasteiger partial charge in [0.1, 0.15) is 22.4 Å². The predicted octanol–water partition coefficient (Wildman–Crippen LogP) is 6.22. The molecule has 0 spiro atoms.